The highest BCUT2D eigenvalue weighted by atomic mass is 79.9. The normalized spacial score (nSPS) is 12.1. The maximum absolute atomic E-state index is 13.4. The van der Waals surface area contributed by atoms with Crippen molar-refractivity contribution in [1.29, 1.82) is 0 Å². The van der Waals surface area contributed by atoms with Gasteiger partial charge in [0.15, 0.2) is 5.78 Å². The van der Waals surface area contributed by atoms with E-state index in [0.717, 1.165) is 35.0 Å². The molecule has 1 unspecified atom stereocenters. The van der Waals surface area contributed by atoms with Gasteiger partial charge in [-0.2, -0.15) is 0 Å². The Kier molecular flexibility index (Phi) is 14.0. The Hall–Kier alpha value is -1.19. The predicted octanol–water partition coefficient (Wildman–Crippen LogP) is 10.1. The number of hydrogen-bond acceptors (Lipinski definition) is 2. The van der Waals surface area contributed by atoms with Crippen molar-refractivity contribution in [2.45, 2.75) is 110 Å². The van der Waals surface area contributed by atoms with Crippen molar-refractivity contribution >= 4 is 33.3 Å². The van der Waals surface area contributed by atoms with Crippen molar-refractivity contribution < 1.29 is 4.79 Å². The van der Waals surface area contributed by atoms with E-state index in [4.69, 9.17) is 11.6 Å². The lowest BCUT2D eigenvalue weighted by atomic mass is 9.86. The molecule has 0 fully saturated rings. The smallest absolute Gasteiger partial charge is 0.171 e. The van der Waals surface area contributed by atoms with Crippen molar-refractivity contribution in [1.82, 2.24) is 4.98 Å². The molecule has 0 bridgehead atoms. The molecule has 0 aliphatic heterocycles. The second kappa shape index (κ2) is 16.4. The summed E-state index contributed by atoms with van der Waals surface area (Å²) in [4.78, 5) is 17.9. The van der Waals surface area contributed by atoms with Crippen LogP contribution in [0.3, 0.4) is 0 Å². The van der Waals surface area contributed by atoms with E-state index in [1.807, 2.05) is 30.3 Å². The van der Waals surface area contributed by atoms with E-state index >= 15 is 0 Å². The molecule has 1 aromatic heterocycles. The summed E-state index contributed by atoms with van der Waals surface area (Å²) in [5.41, 5.74) is 2.59. The zero-order valence-corrected chi connectivity index (χ0v) is 22.9. The zero-order valence-electron chi connectivity index (χ0n) is 20.6. The number of unbranched alkanes of at least 4 members (excludes halogenated alkanes) is 11. The maximum atomic E-state index is 13.4. The third-order valence-corrected chi connectivity index (χ3v) is 7.31. The summed E-state index contributed by atoms with van der Waals surface area (Å²) in [6, 6.07) is 9.67. The van der Waals surface area contributed by atoms with Crippen molar-refractivity contribution in [3.8, 4) is 0 Å². The highest BCUT2D eigenvalue weighted by molar-refractivity contribution is 9.10. The fraction of sp³-hybridized carbons (Fsp3) is 0.586. The summed E-state index contributed by atoms with van der Waals surface area (Å²) in [5, 5.41) is 0.661. The van der Waals surface area contributed by atoms with Crippen LogP contribution in [-0.4, -0.2) is 10.8 Å². The molecule has 0 amide bonds. The molecule has 1 atom stereocenters. The third kappa shape index (κ3) is 10.3. The third-order valence-electron chi connectivity index (χ3n) is 6.47. The molecule has 1 heterocycles. The van der Waals surface area contributed by atoms with Crippen molar-refractivity contribution in [2.75, 3.05) is 0 Å². The first kappa shape index (κ1) is 28.1. The molecule has 0 saturated carbocycles. The number of aryl methyl sites for hydroxylation is 1. The van der Waals surface area contributed by atoms with Gasteiger partial charge in [-0.3, -0.25) is 9.78 Å². The monoisotopic (exact) mass is 533 g/mol. The Morgan fingerprint density at radius 2 is 1.48 bits per heavy atom. The Morgan fingerprint density at radius 3 is 2.03 bits per heavy atom. The first-order valence-electron chi connectivity index (χ1n) is 13.0. The SMILES string of the molecule is CCCCCCCCCCCCCCC(C(=O)c1ccc(CC)nc1)c1cc(Br)ccc1Cl. The zero-order chi connectivity index (χ0) is 23.9. The first-order chi connectivity index (χ1) is 16.1. The van der Waals surface area contributed by atoms with Crippen LogP contribution in [0.2, 0.25) is 5.02 Å². The standard InChI is InChI=1S/C29H41BrClNO/c1-3-5-6-7-8-9-10-11-12-13-14-15-16-26(27-21-24(30)18-20-28(27)31)29(33)23-17-19-25(4-2)32-22-23/h17-22,26H,3-16H2,1-2H3. The molecule has 0 aliphatic rings. The van der Waals surface area contributed by atoms with Gasteiger partial charge in [0.2, 0.25) is 0 Å². The second-order valence-electron chi connectivity index (χ2n) is 9.15. The van der Waals surface area contributed by atoms with E-state index in [-0.39, 0.29) is 11.7 Å². The van der Waals surface area contributed by atoms with E-state index in [9.17, 15) is 4.79 Å². The quantitative estimate of drug-likeness (QED) is 0.149. The number of Topliss-reactive ketones (excluding diaryl/α,β-unsaturated/α-hetero) is 1. The topological polar surface area (TPSA) is 30.0 Å². The first-order valence-corrected chi connectivity index (χ1v) is 14.2. The van der Waals surface area contributed by atoms with E-state index in [1.165, 1.54) is 70.6 Å². The fourth-order valence-electron chi connectivity index (χ4n) is 4.38. The van der Waals surface area contributed by atoms with Gasteiger partial charge in [-0.15, -0.1) is 0 Å². The molecule has 4 heteroatoms. The van der Waals surface area contributed by atoms with Crippen LogP contribution in [0, 0.1) is 0 Å². The molecule has 2 rings (SSSR count). The van der Waals surface area contributed by atoms with Gasteiger partial charge in [-0.05, 0) is 48.7 Å². The van der Waals surface area contributed by atoms with Crippen molar-refractivity contribution in [3.05, 3.63) is 62.8 Å². The fourth-order valence-corrected chi connectivity index (χ4v) is 5.01. The lowest BCUT2D eigenvalue weighted by Gasteiger charge is -2.18. The van der Waals surface area contributed by atoms with Gasteiger partial charge >= 0.3 is 0 Å². The summed E-state index contributed by atoms with van der Waals surface area (Å²) in [6.45, 7) is 4.34. The lowest BCUT2D eigenvalue weighted by Crippen LogP contribution is -2.14. The number of benzene rings is 1. The van der Waals surface area contributed by atoms with Crippen LogP contribution in [0.15, 0.2) is 41.0 Å². The number of ketones is 1. The minimum atomic E-state index is -0.229. The number of carbonyl (C=O) groups is 1. The van der Waals surface area contributed by atoms with Crippen molar-refractivity contribution in [2.24, 2.45) is 0 Å². The van der Waals surface area contributed by atoms with Crippen LogP contribution >= 0.6 is 27.5 Å². The van der Waals surface area contributed by atoms with Gasteiger partial charge in [0.1, 0.15) is 0 Å². The van der Waals surface area contributed by atoms with Crippen LogP contribution < -0.4 is 0 Å². The highest BCUT2D eigenvalue weighted by Crippen LogP contribution is 2.34. The van der Waals surface area contributed by atoms with Crippen LogP contribution in [-0.2, 0) is 6.42 Å². The maximum Gasteiger partial charge on any atom is 0.171 e. The largest absolute Gasteiger partial charge is 0.293 e. The molecular weight excluding hydrogens is 494 g/mol. The van der Waals surface area contributed by atoms with Gasteiger partial charge in [0, 0.05) is 32.9 Å². The molecule has 2 nitrogen and oxygen atoms in total. The molecule has 0 radical (unpaired) electrons. The summed E-state index contributed by atoms with van der Waals surface area (Å²) in [7, 11) is 0. The Labute approximate surface area is 215 Å². The number of halogens is 2. The van der Waals surface area contributed by atoms with E-state index in [2.05, 4.69) is 34.8 Å². The van der Waals surface area contributed by atoms with Crippen LogP contribution in [0.25, 0.3) is 0 Å². The van der Waals surface area contributed by atoms with Crippen LogP contribution in [0.4, 0.5) is 0 Å². The number of pyridine rings is 1. The van der Waals surface area contributed by atoms with E-state index in [0.29, 0.717) is 10.6 Å². The minimum absolute atomic E-state index is 0.119. The predicted molar refractivity (Wildman–Crippen MR) is 146 cm³/mol. The summed E-state index contributed by atoms with van der Waals surface area (Å²) in [5.74, 6) is -0.111. The Bertz CT molecular complexity index is 821. The summed E-state index contributed by atoms with van der Waals surface area (Å²) < 4.78 is 0.953. The molecular formula is C29H41BrClNO. The number of aromatic nitrogens is 1. The number of rotatable bonds is 17. The van der Waals surface area contributed by atoms with Crippen LogP contribution in [0.1, 0.15) is 125 Å². The lowest BCUT2D eigenvalue weighted by molar-refractivity contribution is 0.0953. The number of hydrogen-bond donors (Lipinski definition) is 0. The molecule has 0 spiro atoms. The second-order valence-corrected chi connectivity index (χ2v) is 10.5. The average Bonchev–Trinajstić information content (AvgIpc) is 2.83. The van der Waals surface area contributed by atoms with Gasteiger partial charge in [-0.25, -0.2) is 0 Å². The molecule has 2 aromatic rings. The molecule has 0 aliphatic carbocycles. The summed E-state index contributed by atoms with van der Waals surface area (Å²) in [6.07, 6.45) is 19.1. The number of carbonyl (C=O) groups excluding carboxylic acids is 1. The number of nitrogens with zero attached hydrogens (tertiary/aromatic N) is 1. The van der Waals surface area contributed by atoms with E-state index < -0.39 is 0 Å². The summed E-state index contributed by atoms with van der Waals surface area (Å²) >= 11 is 10.1. The minimum Gasteiger partial charge on any atom is -0.293 e. The Balaban J connectivity index is 1.84. The van der Waals surface area contributed by atoms with Crippen molar-refractivity contribution in [3.63, 3.8) is 0 Å². The van der Waals surface area contributed by atoms with E-state index in [1.54, 1.807) is 6.20 Å². The van der Waals surface area contributed by atoms with Crippen LogP contribution in [0.5, 0.6) is 0 Å². The molecule has 0 N–H and O–H groups in total. The molecule has 182 valence electrons. The average molecular weight is 535 g/mol. The molecule has 0 saturated heterocycles. The van der Waals surface area contributed by atoms with Gasteiger partial charge < -0.3 is 0 Å². The molecule has 1 aromatic carbocycles. The highest BCUT2D eigenvalue weighted by Gasteiger charge is 2.24. The van der Waals surface area contributed by atoms with Gasteiger partial charge in [-0.1, -0.05) is 118 Å². The molecule has 33 heavy (non-hydrogen) atoms. The van der Waals surface area contributed by atoms with Gasteiger partial charge in [0.05, 0.1) is 0 Å². The Morgan fingerprint density at radius 1 is 0.879 bits per heavy atom. The van der Waals surface area contributed by atoms with Gasteiger partial charge in [0.25, 0.3) is 0 Å².